The standard InChI is InChI=1S/C24H18F3N5OS/c1-31-13-15-12-29-19-4-3-9-28-21(19)22(15)32(23(31)33)16-6-7-17(18(10-16)24(25,26)27)14-5-8-20(34-2)30-11-14/h3-12H,13H2,1-2H3. The summed E-state index contributed by atoms with van der Waals surface area (Å²) in [5, 5.41) is 0.709. The van der Waals surface area contributed by atoms with Gasteiger partial charge < -0.3 is 4.90 Å². The Kier molecular flexibility index (Phi) is 5.40. The molecule has 5 rings (SSSR count). The highest BCUT2D eigenvalue weighted by molar-refractivity contribution is 7.98. The molecular weight excluding hydrogens is 463 g/mol. The molecule has 4 heterocycles. The molecule has 6 nitrogen and oxygen atoms in total. The minimum atomic E-state index is -4.64. The molecule has 0 spiro atoms. The summed E-state index contributed by atoms with van der Waals surface area (Å²) in [6, 6.07) is 10.2. The first-order valence-corrected chi connectivity index (χ1v) is 11.5. The lowest BCUT2D eigenvalue weighted by molar-refractivity contribution is -0.137. The maximum Gasteiger partial charge on any atom is 0.417 e. The fourth-order valence-electron chi connectivity index (χ4n) is 4.06. The van der Waals surface area contributed by atoms with Gasteiger partial charge in [-0.1, -0.05) is 12.1 Å². The molecule has 0 saturated heterocycles. The third kappa shape index (κ3) is 3.73. The number of aromatic nitrogens is 3. The normalized spacial score (nSPS) is 14.0. The number of hydrogen-bond acceptors (Lipinski definition) is 5. The number of thioether (sulfide) groups is 1. The third-order valence-electron chi connectivity index (χ3n) is 5.65. The van der Waals surface area contributed by atoms with Crippen molar-refractivity contribution in [2.24, 2.45) is 0 Å². The Balaban J connectivity index is 1.71. The predicted molar refractivity (Wildman–Crippen MR) is 125 cm³/mol. The molecule has 1 aliphatic rings. The third-order valence-corrected chi connectivity index (χ3v) is 6.31. The largest absolute Gasteiger partial charge is 0.417 e. The molecule has 2 amide bonds. The van der Waals surface area contributed by atoms with Crippen LogP contribution in [0.5, 0.6) is 0 Å². The smallest absolute Gasteiger partial charge is 0.323 e. The van der Waals surface area contributed by atoms with Gasteiger partial charge in [0, 0.05) is 36.8 Å². The van der Waals surface area contributed by atoms with Gasteiger partial charge in [-0.15, -0.1) is 11.8 Å². The summed E-state index contributed by atoms with van der Waals surface area (Å²) in [7, 11) is 1.60. The van der Waals surface area contributed by atoms with Crippen LogP contribution in [0.2, 0.25) is 0 Å². The highest BCUT2D eigenvalue weighted by Crippen LogP contribution is 2.43. The van der Waals surface area contributed by atoms with E-state index in [0.29, 0.717) is 32.9 Å². The number of carbonyl (C=O) groups excluding carboxylic acids is 1. The van der Waals surface area contributed by atoms with Crippen LogP contribution >= 0.6 is 11.8 Å². The molecule has 1 aliphatic heterocycles. The molecule has 0 radical (unpaired) electrons. The number of pyridine rings is 3. The van der Waals surface area contributed by atoms with Crippen LogP contribution in [-0.2, 0) is 12.7 Å². The Bertz CT molecular complexity index is 1410. The van der Waals surface area contributed by atoms with E-state index >= 15 is 0 Å². The molecule has 4 aromatic rings. The summed E-state index contributed by atoms with van der Waals surface area (Å²) in [6.45, 7) is 0.280. The highest BCUT2D eigenvalue weighted by Gasteiger charge is 2.37. The fraction of sp³-hybridized carbons (Fsp3) is 0.167. The summed E-state index contributed by atoms with van der Waals surface area (Å²) >= 11 is 1.41. The van der Waals surface area contributed by atoms with E-state index in [1.165, 1.54) is 39.9 Å². The molecule has 0 bridgehead atoms. The van der Waals surface area contributed by atoms with E-state index in [9.17, 15) is 18.0 Å². The van der Waals surface area contributed by atoms with E-state index in [4.69, 9.17) is 0 Å². The molecular formula is C24H18F3N5OS. The van der Waals surface area contributed by atoms with E-state index in [2.05, 4.69) is 15.0 Å². The van der Waals surface area contributed by atoms with Gasteiger partial charge in [-0.05, 0) is 42.2 Å². The van der Waals surface area contributed by atoms with Crippen molar-refractivity contribution in [3.05, 3.63) is 72.2 Å². The maximum atomic E-state index is 14.2. The van der Waals surface area contributed by atoms with Crippen molar-refractivity contribution >= 4 is 40.2 Å². The van der Waals surface area contributed by atoms with Gasteiger partial charge in [-0.25, -0.2) is 9.78 Å². The number of halogens is 3. The first kappa shape index (κ1) is 22.1. The van der Waals surface area contributed by atoms with E-state index in [-0.39, 0.29) is 17.8 Å². The Morgan fingerprint density at radius 1 is 1.03 bits per heavy atom. The highest BCUT2D eigenvalue weighted by atomic mass is 32.2. The van der Waals surface area contributed by atoms with Crippen molar-refractivity contribution in [3.63, 3.8) is 0 Å². The number of nitrogens with zero attached hydrogens (tertiary/aromatic N) is 5. The monoisotopic (exact) mass is 481 g/mol. The van der Waals surface area contributed by atoms with E-state index in [1.807, 2.05) is 6.26 Å². The molecule has 0 atom stereocenters. The first-order chi connectivity index (χ1) is 16.3. The van der Waals surface area contributed by atoms with Gasteiger partial charge in [0.25, 0.3) is 0 Å². The van der Waals surface area contributed by atoms with Gasteiger partial charge >= 0.3 is 12.2 Å². The van der Waals surface area contributed by atoms with Crippen LogP contribution in [0.15, 0.2) is 66.1 Å². The summed E-state index contributed by atoms with van der Waals surface area (Å²) in [4.78, 5) is 28.9. The molecule has 0 N–H and O–H groups in total. The molecule has 0 aliphatic carbocycles. The second-order valence-corrected chi connectivity index (χ2v) is 8.62. The van der Waals surface area contributed by atoms with Gasteiger partial charge in [0.05, 0.1) is 34.0 Å². The van der Waals surface area contributed by atoms with Crippen molar-refractivity contribution in [2.45, 2.75) is 17.7 Å². The SMILES string of the molecule is CSc1ccc(-c2ccc(N3C(=O)N(C)Cc4cnc5cccnc5c43)cc2C(F)(F)F)cn1. The second kappa shape index (κ2) is 8.28. The van der Waals surface area contributed by atoms with Crippen LogP contribution in [0.3, 0.4) is 0 Å². The molecule has 34 heavy (non-hydrogen) atoms. The summed E-state index contributed by atoms with van der Waals surface area (Å²) < 4.78 is 42.6. The lowest BCUT2D eigenvalue weighted by atomic mass is 9.99. The van der Waals surface area contributed by atoms with Crippen molar-refractivity contribution < 1.29 is 18.0 Å². The van der Waals surface area contributed by atoms with Crippen molar-refractivity contribution in [3.8, 4) is 11.1 Å². The topological polar surface area (TPSA) is 62.2 Å². The Hall–Kier alpha value is -3.66. The van der Waals surface area contributed by atoms with E-state index < -0.39 is 17.8 Å². The van der Waals surface area contributed by atoms with Crippen LogP contribution in [0.25, 0.3) is 22.2 Å². The lowest BCUT2D eigenvalue weighted by Crippen LogP contribution is -2.42. The van der Waals surface area contributed by atoms with Gasteiger partial charge in [-0.3, -0.25) is 14.9 Å². The maximum absolute atomic E-state index is 14.2. The van der Waals surface area contributed by atoms with Gasteiger partial charge in [0.15, 0.2) is 0 Å². The van der Waals surface area contributed by atoms with E-state index in [0.717, 1.165) is 6.07 Å². The summed E-state index contributed by atoms with van der Waals surface area (Å²) in [5.74, 6) is 0. The molecule has 172 valence electrons. The van der Waals surface area contributed by atoms with Crippen LogP contribution in [0, 0.1) is 0 Å². The number of rotatable bonds is 3. The molecule has 0 unspecified atom stereocenters. The van der Waals surface area contributed by atoms with Crippen molar-refractivity contribution in [1.82, 2.24) is 19.9 Å². The summed E-state index contributed by atoms with van der Waals surface area (Å²) in [5.41, 5.74) is 1.73. The zero-order valence-corrected chi connectivity index (χ0v) is 19.0. The van der Waals surface area contributed by atoms with Crippen LogP contribution in [-0.4, -0.2) is 39.2 Å². The minimum Gasteiger partial charge on any atom is -0.323 e. The number of alkyl halides is 3. The molecule has 0 fully saturated rings. The average Bonchev–Trinajstić information content (AvgIpc) is 2.84. The Labute approximate surface area is 197 Å². The van der Waals surface area contributed by atoms with Gasteiger partial charge in [-0.2, -0.15) is 13.2 Å². The van der Waals surface area contributed by atoms with E-state index in [1.54, 1.807) is 43.7 Å². The minimum absolute atomic E-state index is 0.00727. The molecule has 0 saturated carbocycles. The number of anilines is 2. The predicted octanol–water partition coefficient (Wildman–Crippen LogP) is 6.14. The number of urea groups is 1. The fourth-order valence-corrected chi connectivity index (χ4v) is 4.42. The van der Waals surface area contributed by atoms with Crippen molar-refractivity contribution in [1.29, 1.82) is 0 Å². The van der Waals surface area contributed by atoms with Gasteiger partial charge in [0.1, 0.15) is 5.52 Å². The van der Waals surface area contributed by atoms with Crippen LogP contribution < -0.4 is 4.90 Å². The second-order valence-electron chi connectivity index (χ2n) is 7.79. The Morgan fingerprint density at radius 2 is 1.85 bits per heavy atom. The van der Waals surface area contributed by atoms with Gasteiger partial charge in [0.2, 0.25) is 0 Å². The lowest BCUT2D eigenvalue weighted by Gasteiger charge is -2.35. The molecule has 1 aromatic carbocycles. The number of hydrogen-bond donors (Lipinski definition) is 0. The number of amides is 2. The Morgan fingerprint density at radius 3 is 2.56 bits per heavy atom. The zero-order chi connectivity index (χ0) is 24.0. The van der Waals surface area contributed by atoms with Crippen LogP contribution in [0.1, 0.15) is 11.1 Å². The zero-order valence-electron chi connectivity index (χ0n) is 18.2. The molecule has 3 aromatic heterocycles. The quantitative estimate of drug-likeness (QED) is 0.329. The number of fused-ring (bicyclic) bond motifs is 3. The van der Waals surface area contributed by atoms with Crippen molar-refractivity contribution in [2.75, 3.05) is 18.2 Å². The summed E-state index contributed by atoms with van der Waals surface area (Å²) in [6.07, 6.45) is 1.83. The first-order valence-electron chi connectivity index (χ1n) is 10.3. The number of carbonyl (C=O) groups is 1. The average molecular weight is 482 g/mol. The number of benzene rings is 1. The molecule has 10 heteroatoms. The van der Waals surface area contributed by atoms with Crippen LogP contribution in [0.4, 0.5) is 29.3 Å².